The van der Waals surface area contributed by atoms with Crippen LogP contribution in [0.25, 0.3) is 0 Å². The average Bonchev–Trinajstić information content (AvgIpc) is 3.47. The van der Waals surface area contributed by atoms with E-state index in [4.69, 9.17) is 47.4 Å². The Morgan fingerprint density at radius 2 is 1.34 bits per heavy atom. The number of aliphatic hydroxyl groups excluding tert-OH is 2. The molecule has 7 aliphatic rings. The topological polar surface area (TPSA) is 207 Å². The zero-order chi connectivity index (χ0) is 46.7. The van der Waals surface area contributed by atoms with Crippen LogP contribution < -0.4 is 0 Å². The molecule has 368 valence electrons. The van der Waals surface area contributed by atoms with E-state index in [-0.39, 0.29) is 54.1 Å². The number of rotatable bonds is 13. The minimum Gasteiger partial charge on any atom is -0.462 e. The van der Waals surface area contributed by atoms with Crippen molar-refractivity contribution in [1.82, 2.24) is 0 Å². The van der Waals surface area contributed by atoms with Gasteiger partial charge in [0.05, 0.1) is 59.7 Å². The fraction of sp³-hybridized carbons (Fsp3) is 0.958. The van der Waals surface area contributed by atoms with E-state index in [0.29, 0.717) is 32.1 Å². The van der Waals surface area contributed by atoms with E-state index in [1.54, 1.807) is 35.0 Å². The van der Waals surface area contributed by atoms with Gasteiger partial charge >= 0.3 is 11.9 Å². The Bertz CT molecular complexity index is 1610. The zero-order valence-corrected chi connectivity index (χ0v) is 40.1. The summed E-state index contributed by atoms with van der Waals surface area (Å²) in [7, 11) is 3.18. The lowest BCUT2D eigenvalue weighted by molar-refractivity contribution is -0.338. The molecule has 0 aromatic heterocycles. The van der Waals surface area contributed by atoms with Gasteiger partial charge in [-0.05, 0) is 109 Å². The molecule has 0 unspecified atom stereocenters. The van der Waals surface area contributed by atoms with Gasteiger partial charge in [-0.15, -0.1) is 0 Å². The standard InChI is InChI=1S/C48H80O16/c1-12-24(2)44(52)60-28(6)47(53)17-18-48(54)32-14-13-30-19-31(15-16-45(30,8)33(32)20-37(46(47,48)9)61-29(7)49)62-38-21-34(50)42(26(4)58-38)63-40-23-36(56-11)43(27(5)59-40)64-39-22-35(55-10)41(51)25(3)57-39/h24-28,30-43,50-51,53-54H,12-23H2,1-11H3/t24-,25-,26-,27-,28+,30+,31+,32-,33+,34+,35-,36+,37-,38+,39+,40+,41-,42-,43-,45+,46-,47-,48+/m1/s1. The van der Waals surface area contributed by atoms with Crippen LogP contribution in [0, 0.1) is 34.5 Å². The van der Waals surface area contributed by atoms with Crippen molar-refractivity contribution in [3.8, 4) is 0 Å². The molecule has 0 spiro atoms. The molecule has 0 aromatic rings. The maximum atomic E-state index is 13.0. The molecule has 4 aliphatic carbocycles. The van der Waals surface area contributed by atoms with E-state index in [1.807, 2.05) is 27.7 Å². The Morgan fingerprint density at radius 3 is 1.97 bits per heavy atom. The first-order chi connectivity index (χ1) is 30.1. The van der Waals surface area contributed by atoms with Gasteiger partial charge in [-0.1, -0.05) is 27.7 Å². The summed E-state index contributed by atoms with van der Waals surface area (Å²) in [6.45, 7) is 16.5. The minimum atomic E-state index is -1.61. The number of aliphatic hydroxyl groups is 4. The predicted molar refractivity (Wildman–Crippen MR) is 229 cm³/mol. The van der Waals surface area contributed by atoms with E-state index in [9.17, 15) is 30.0 Å². The highest BCUT2D eigenvalue weighted by molar-refractivity contribution is 5.72. The molecular formula is C48H80O16. The molecule has 0 amide bonds. The van der Waals surface area contributed by atoms with Crippen LogP contribution in [0.15, 0.2) is 0 Å². The molecule has 0 radical (unpaired) electrons. The first-order valence-corrected chi connectivity index (χ1v) is 24.3. The van der Waals surface area contributed by atoms with Crippen LogP contribution >= 0.6 is 0 Å². The fourth-order valence-electron chi connectivity index (χ4n) is 13.6. The van der Waals surface area contributed by atoms with Gasteiger partial charge in [0.25, 0.3) is 0 Å². The van der Waals surface area contributed by atoms with Gasteiger partial charge in [0.1, 0.15) is 36.1 Å². The number of methoxy groups -OCH3 is 2. The molecule has 23 atom stereocenters. The van der Waals surface area contributed by atoms with Crippen molar-refractivity contribution >= 4 is 11.9 Å². The summed E-state index contributed by atoms with van der Waals surface area (Å²) in [6.07, 6.45) is -2.11. The summed E-state index contributed by atoms with van der Waals surface area (Å²) in [4.78, 5) is 25.7. The highest BCUT2D eigenvalue weighted by Gasteiger charge is 2.77. The third-order valence-corrected chi connectivity index (χ3v) is 17.8. The molecule has 16 nitrogen and oxygen atoms in total. The van der Waals surface area contributed by atoms with Crippen molar-refractivity contribution < 1.29 is 77.4 Å². The number of hydrogen-bond acceptors (Lipinski definition) is 16. The second-order valence-electron chi connectivity index (χ2n) is 21.1. The van der Waals surface area contributed by atoms with E-state index < -0.39 is 108 Å². The van der Waals surface area contributed by atoms with E-state index in [2.05, 4.69) is 6.92 Å². The molecule has 16 heteroatoms. The minimum absolute atomic E-state index is 0.0197. The smallest absolute Gasteiger partial charge is 0.309 e. The lowest BCUT2D eigenvalue weighted by atomic mass is 9.42. The quantitative estimate of drug-likeness (QED) is 0.146. The van der Waals surface area contributed by atoms with Crippen LogP contribution in [0.2, 0.25) is 0 Å². The molecule has 4 N–H and O–H groups in total. The maximum Gasteiger partial charge on any atom is 0.309 e. The molecular weight excluding hydrogens is 833 g/mol. The third kappa shape index (κ3) is 8.96. The van der Waals surface area contributed by atoms with Gasteiger partial charge < -0.3 is 67.8 Å². The van der Waals surface area contributed by atoms with Crippen molar-refractivity contribution in [2.24, 2.45) is 34.5 Å². The summed E-state index contributed by atoms with van der Waals surface area (Å²) < 4.78 is 61.4. The Morgan fingerprint density at radius 1 is 0.734 bits per heavy atom. The number of esters is 2. The predicted octanol–water partition coefficient (Wildman–Crippen LogP) is 4.71. The summed E-state index contributed by atoms with van der Waals surface area (Å²) in [6, 6.07) is 0. The van der Waals surface area contributed by atoms with Crippen molar-refractivity contribution in [1.29, 1.82) is 0 Å². The van der Waals surface area contributed by atoms with Gasteiger partial charge in [-0.25, -0.2) is 0 Å². The van der Waals surface area contributed by atoms with Crippen LogP contribution in [-0.4, -0.2) is 150 Å². The second kappa shape index (κ2) is 19.5. The number of ether oxygens (including phenoxy) is 10. The van der Waals surface area contributed by atoms with Crippen molar-refractivity contribution in [2.45, 2.75) is 243 Å². The van der Waals surface area contributed by atoms with Crippen LogP contribution in [0.4, 0.5) is 0 Å². The lowest BCUT2D eigenvalue weighted by Crippen LogP contribution is -2.72. The molecule has 7 fully saturated rings. The number of hydrogen-bond donors (Lipinski definition) is 4. The van der Waals surface area contributed by atoms with Gasteiger partial charge in [0, 0.05) is 40.4 Å². The van der Waals surface area contributed by atoms with Crippen LogP contribution in [-0.2, 0) is 57.0 Å². The Kier molecular flexibility index (Phi) is 15.3. The van der Waals surface area contributed by atoms with Crippen LogP contribution in [0.5, 0.6) is 0 Å². The lowest BCUT2D eigenvalue weighted by Gasteiger charge is -2.66. The van der Waals surface area contributed by atoms with Crippen molar-refractivity contribution in [3.63, 3.8) is 0 Å². The second-order valence-corrected chi connectivity index (χ2v) is 21.1. The van der Waals surface area contributed by atoms with E-state index >= 15 is 0 Å². The van der Waals surface area contributed by atoms with Crippen molar-refractivity contribution in [2.75, 3.05) is 14.2 Å². The normalized spacial score (nSPS) is 50.3. The van der Waals surface area contributed by atoms with E-state index in [1.165, 1.54) is 6.92 Å². The Labute approximate surface area is 379 Å². The molecule has 3 heterocycles. The monoisotopic (exact) mass is 913 g/mol. The number of carbonyl (C=O) groups excluding carboxylic acids is 2. The van der Waals surface area contributed by atoms with Gasteiger partial charge in [-0.3, -0.25) is 9.59 Å². The zero-order valence-electron chi connectivity index (χ0n) is 40.1. The van der Waals surface area contributed by atoms with Gasteiger partial charge in [-0.2, -0.15) is 0 Å². The van der Waals surface area contributed by atoms with E-state index in [0.717, 1.165) is 32.1 Å². The van der Waals surface area contributed by atoms with Crippen LogP contribution in [0.3, 0.4) is 0 Å². The molecule has 3 saturated heterocycles. The highest BCUT2D eigenvalue weighted by atomic mass is 16.7. The highest BCUT2D eigenvalue weighted by Crippen LogP contribution is 2.71. The molecule has 0 bridgehead atoms. The maximum absolute atomic E-state index is 13.0. The summed E-state index contributed by atoms with van der Waals surface area (Å²) in [5.74, 6) is -1.06. The fourth-order valence-corrected chi connectivity index (χ4v) is 13.6. The summed E-state index contributed by atoms with van der Waals surface area (Å²) >= 11 is 0. The molecule has 3 aliphatic heterocycles. The number of fused-ring (bicyclic) bond motifs is 5. The molecule has 0 aromatic carbocycles. The molecule has 64 heavy (non-hydrogen) atoms. The average molecular weight is 913 g/mol. The van der Waals surface area contributed by atoms with Gasteiger partial charge in [0.2, 0.25) is 0 Å². The Hall–Kier alpha value is -1.54. The first-order valence-electron chi connectivity index (χ1n) is 24.3. The van der Waals surface area contributed by atoms with Gasteiger partial charge in [0.15, 0.2) is 18.9 Å². The first kappa shape index (κ1) is 50.3. The SMILES string of the molecule is CC[C@@H](C)C(=O)O[C@@H](C)[C@]1(O)CC[C@]2(O)[C@@H]3CC[C@H]4C[C@@H](O[C@H]5C[C@H](O)[C@H](O[C@H]6C[C@H](OC)[C@H](O[C@H]7C[C@@H](OC)[C@H](O)[C@@H](C)O7)[C@@H](C)O6)[C@@H](C)O5)CC[C@]4(C)[C@H]3C[C@@H](OC(C)=O)[C@]12C. The Balaban J connectivity index is 0.955. The third-order valence-electron chi connectivity index (χ3n) is 17.8. The molecule has 4 saturated carbocycles. The molecule has 7 rings (SSSR count). The number of carbonyl (C=O) groups is 2. The summed E-state index contributed by atoms with van der Waals surface area (Å²) in [5, 5.41) is 47.5. The summed E-state index contributed by atoms with van der Waals surface area (Å²) in [5.41, 5.74) is -4.42. The van der Waals surface area contributed by atoms with Crippen LogP contribution in [0.1, 0.15) is 139 Å². The largest absolute Gasteiger partial charge is 0.462 e. The van der Waals surface area contributed by atoms with Crippen molar-refractivity contribution in [3.05, 3.63) is 0 Å².